The minimum absolute atomic E-state index is 0.0483. The third-order valence-electron chi connectivity index (χ3n) is 3.28. The lowest BCUT2D eigenvalue weighted by atomic mass is 10.1. The number of aliphatic carboxylic acids is 1. The Balaban J connectivity index is 2.44. The Hall–Kier alpha value is -2.68. The monoisotopic (exact) mass is 365 g/mol. The Morgan fingerprint density at radius 1 is 1.24 bits per heavy atom. The normalized spacial score (nSPS) is 11.3. The number of ether oxygens (including phenoxy) is 3. The van der Waals surface area contributed by atoms with Crippen LogP contribution in [0, 0.1) is 0 Å². The molecular formula is C16H19N3O5S. The number of methoxy groups -OCH3 is 3. The Kier molecular flexibility index (Phi) is 6.29. The first-order valence-electron chi connectivity index (χ1n) is 7.37. The van der Waals surface area contributed by atoms with Crippen molar-refractivity contribution in [2.24, 2.45) is 0 Å². The number of thioether (sulfide) groups is 1. The maximum Gasteiger partial charge on any atom is 0.342 e. The molecule has 2 rings (SSSR count). The van der Waals surface area contributed by atoms with E-state index in [-0.39, 0.29) is 4.91 Å². The molecule has 9 heteroatoms. The number of carboxylic acids is 1. The Bertz CT molecular complexity index is 788. The number of H-pyrrole nitrogens is 1. The Morgan fingerprint density at radius 3 is 2.48 bits per heavy atom. The van der Waals surface area contributed by atoms with Crippen molar-refractivity contribution in [3.8, 4) is 17.2 Å². The lowest BCUT2D eigenvalue weighted by Crippen LogP contribution is -2.00. The molecule has 1 aromatic carbocycles. The van der Waals surface area contributed by atoms with E-state index in [9.17, 15) is 9.90 Å². The average Bonchev–Trinajstić information content (AvgIpc) is 3.07. The van der Waals surface area contributed by atoms with Gasteiger partial charge in [-0.25, -0.2) is 9.78 Å². The summed E-state index contributed by atoms with van der Waals surface area (Å²) in [4.78, 5) is 15.9. The van der Waals surface area contributed by atoms with Gasteiger partial charge in [0.05, 0.1) is 21.3 Å². The molecule has 0 atom stereocenters. The summed E-state index contributed by atoms with van der Waals surface area (Å²) >= 11 is 0.951. The summed E-state index contributed by atoms with van der Waals surface area (Å²) in [5.41, 5.74) is 0.538. The fourth-order valence-corrected chi connectivity index (χ4v) is 2.81. The van der Waals surface area contributed by atoms with Gasteiger partial charge < -0.3 is 19.3 Å². The minimum Gasteiger partial charge on any atom is -0.493 e. The molecule has 0 spiro atoms. The smallest absolute Gasteiger partial charge is 0.342 e. The predicted molar refractivity (Wildman–Crippen MR) is 93.3 cm³/mol. The van der Waals surface area contributed by atoms with E-state index in [2.05, 4.69) is 15.2 Å². The lowest BCUT2D eigenvalue weighted by molar-refractivity contribution is -0.131. The molecule has 2 N–H and O–H groups in total. The third-order valence-corrected chi connectivity index (χ3v) is 4.16. The number of nitrogens with one attached hydrogen (secondary N) is 1. The maximum absolute atomic E-state index is 11.6. The van der Waals surface area contributed by atoms with Gasteiger partial charge in [-0.2, -0.15) is 0 Å². The van der Waals surface area contributed by atoms with Gasteiger partial charge in [-0.3, -0.25) is 5.10 Å². The summed E-state index contributed by atoms with van der Waals surface area (Å²) in [6.45, 7) is 1.93. The highest BCUT2D eigenvalue weighted by molar-refractivity contribution is 8.04. The number of rotatable bonds is 8. The van der Waals surface area contributed by atoms with Crippen LogP contribution in [0.5, 0.6) is 17.2 Å². The number of hydrogen-bond donors (Lipinski definition) is 2. The van der Waals surface area contributed by atoms with Crippen molar-refractivity contribution in [1.82, 2.24) is 15.2 Å². The van der Waals surface area contributed by atoms with Gasteiger partial charge in [0.2, 0.25) is 10.9 Å². The SMILES string of the molecule is CCc1nc(S/C(=C\c2ccc(OC)c(OC)c2OC)C(=O)O)n[nH]1. The molecule has 0 fully saturated rings. The first-order chi connectivity index (χ1) is 12.0. The number of carbonyl (C=O) groups is 1. The first kappa shape index (κ1) is 18.7. The van der Waals surface area contributed by atoms with Crippen LogP contribution in [0.2, 0.25) is 0 Å². The molecule has 1 heterocycles. The highest BCUT2D eigenvalue weighted by atomic mass is 32.2. The van der Waals surface area contributed by atoms with Gasteiger partial charge in [-0.1, -0.05) is 6.92 Å². The van der Waals surface area contributed by atoms with Gasteiger partial charge >= 0.3 is 5.97 Å². The van der Waals surface area contributed by atoms with E-state index in [0.29, 0.717) is 40.2 Å². The molecule has 0 aliphatic carbocycles. The maximum atomic E-state index is 11.6. The molecule has 25 heavy (non-hydrogen) atoms. The molecule has 0 amide bonds. The second-order valence-corrected chi connectivity index (χ2v) is 5.77. The molecule has 0 aliphatic rings. The van der Waals surface area contributed by atoms with E-state index in [1.807, 2.05) is 6.92 Å². The summed E-state index contributed by atoms with van der Waals surface area (Å²) in [5.74, 6) is 0.855. The van der Waals surface area contributed by atoms with Crippen LogP contribution < -0.4 is 14.2 Å². The van der Waals surface area contributed by atoms with Crippen LogP contribution in [0.25, 0.3) is 6.08 Å². The molecule has 8 nitrogen and oxygen atoms in total. The molecular weight excluding hydrogens is 346 g/mol. The number of aromatic nitrogens is 3. The van der Waals surface area contributed by atoms with Crippen LogP contribution >= 0.6 is 11.8 Å². The fourth-order valence-electron chi connectivity index (χ4n) is 2.09. The average molecular weight is 365 g/mol. The number of nitrogens with zero attached hydrogens (tertiary/aromatic N) is 2. The molecule has 134 valence electrons. The number of carboxylic acid groups (broad SMARTS) is 1. The molecule has 0 saturated carbocycles. The van der Waals surface area contributed by atoms with Gasteiger partial charge in [0.25, 0.3) is 0 Å². The highest BCUT2D eigenvalue weighted by Gasteiger charge is 2.18. The largest absolute Gasteiger partial charge is 0.493 e. The van der Waals surface area contributed by atoms with Crippen LogP contribution in [-0.4, -0.2) is 47.6 Å². The van der Waals surface area contributed by atoms with Crippen LogP contribution in [0.4, 0.5) is 0 Å². The number of hydrogen-bond acceptors (Lipinski definition) is 7. The van der Waals surface area contributed by atoms with E-state index < -0.39 is 5.97 Å². The van der Waals surface area contributed by atoms with Gasteiger partial charge in [0, 0.05) is 12.0 Å². The lowest BCUT2D eigenvalue weighted by Gasteiger charge is -2.14. The molecule has 2 aromatic rings. The quantitative estimate of drug-likeness (QED) is 0.543. The fraction of sp³-hybridized carbons (Fsp3) is 0.312. The van der Waals surface area contributed by atoms with Gasteiger partial charge in [0.15, 0.2) is 11.5 Å². The van der Waals surface area contributed by atoms with E-state index in [4.69, 9.17) is 14.2 Å². The zero-order chi connectivity index (χ0) is 18.4. The van der Waals surface area contributed by atoms with Crippen molar-refractivity contribution in [3.05, 3.63) is 28.4 Å². The van der Waals surface area contributed by atoms with Crippen molar-refractivity contribution in [2.45, 2.75) is 18.5 Å². The van der Waals surface area contributed by atoms with Crippen molar-refractivity contribution in [3.63, 3.8) is 0 Å². The van der Waals surface area contributed by atoms with Crippen LogP contribution in [0.3, 0.4) is 0 Å². The predicted octanol–water partition coefficient (Wildman–Crippen LogP) is 2.61. The zero-order valence-electron chi connectivity index (χ0n) is 14.3. The topological polar surface area (TPSA) is 107 Å². The number of aryl methyl sites for hydroxylation is 1. The van der Waals surface area contributed by atoms with Crippen molar-refractivity contribution >= 4 is 23.8 Å². The van der Waals surface area contributed by atoms with Crippen LogP contribution in [0.15, 0.2) is 22.2 Å². The summed E-state index contributed by atoms with van der Waals surface area (Å²) in [7, 11) is 4.48. The van der Waals surface area contributed by atoms with E-state index in [0.717, 1.165) is 11.8 Å². The molecule has 0 radical (unpaired) electrons. The standard InChI is InChI=1S/C16H19N3O5S/c1-5-12-17-16(19-18-12)25-11(15(20)21)8-9-6-7-10(22-2)14(24-4)13(9)23-3/h6-8H,5H2,1-4H3,(H,20,21)(H,17,18,19)/b11-8-. The first-order valence-corrected chi connectivity index (χ1v) is 8.18. The highest BCUT2D eigenvalue weighted by Crippen LogP contribution is 2.41. The number of aromatic amines is 1. The molecule has 0 bridgehead atoms. The summed E-state index contributed by atoms with van der Waals surface area (Å²) < 4.78 is 15.9. The van der Waals surface area contributed by atoms with Gasteiger partial charge in [-0.15, -0.1) is 5.10 Å². The third kappa shape index (κ3) is 4.24. The summed E-state index contributed by atoms with van der Waals surface area (Å²) in [6.07, 6.45) is 2.17. The summed E-state index contributed by atoms with van der Waals surface area (Å²) in [6, 6.07) is 3.37. The second kappa shape index (κ2) is 8.43. The summed E-state index contributed by atoms with van der Waals surface area (Å²) in [5, 5.41) is 16.6. The zero-order valence-corrected chi connectivity index (χ0v) is 15.1. The van der Waals surface area contributed by atoms with Gasteiger partial charge in [-0.05, 0) is 30.0 Å². The molecule has 0 saturated heterocycles. The minimum atomic E-state index is -1.09. The van der Waals surface area contributed by atoms with Crippen molar-refractivity contribution in [1.29, 1.82) is 0 Å². The van der Waals surface area contributed by atoms with Crippen molar-refractivity contribution < 1.29 is 24.1 Å². The van der Waals surface area contributed by atoms with E-state index in [1.54, 1.807) is 12.1 Å². The van der Waals surface area contributed by atoms with Gasteiger partial charge in [0.1, 0.15) is 10.7 Å². The van der Waals surface area contributed by atoms with Crippen LogP contribution in [-0.2, 0) is 11.2 Å². The van der Waals surface area contributed by atoms with Crippen LogP contribution in [0.1, 0.15) is 18.3 Å². The molecule has 0 unspecified atom stereocenters. The second-order valence-electron chi connectivity index (χ2n) is 4.76. The Labute approximate surface area is 149 Å². The Morgan fingerprint density at radius 2 is 1.96 bits per heavy atom. The van der Waals surface area contributed by atoms with Crippen molar-refractivity contribution in [2.75, 3.05) is 21.3 Å². The molecule has 0 aliphatic heterocycles. The van der Waals surface area contributed by atoms with E-state index in [1.165, 1.54) is 27.4 Å². The van der Waals surface area contributed by atoms with E-state index >= 15 is 0 Å². The molecule has 1 aromatic heterocycles. The number of benzene rings is 1.